The van der Waals surface area contributed by atoms with Crippen LogP contribution in [0.5, 0.6) is 0 Å². The number of H-pyrrole nitrogens is 1. The summed E-state index contributed by atoms with van der Waals surface area (Å²) in [6, 6.07) is 8.95. The number of hydrogen-bond acceptors (Lipinski definition) is 7. The molecule has 10 nitrogen and oxygen atoms in total. The second kappa shape index (κ2) is 9.04. The minimum atomic E-state index is -0.851. The molecule has 2 aromatic heterocycles. The molecule has 0 bridgehead atoms. The second-order valence-electron chi connectivity index (χ2n) is 8.69. The van der Waals surface area contributed by atoms with E-state index in [2.05, 4.69) is 35.5 Å². The Kier molecular flexibility index (Phi) is 6.06. The standard InChI is InChI=1S/C24H26N4O6S/c1-3-14-6-5-7-15-16-10-11-33-24(4-2,22(16)25-21(14)15)12-18(29)26-27-19(30)13-35-23(27)17-8-9-20(34-17)28(31)32/h5-9,23,25H,3-4,10-13H2,1-2H3,(H,26,29). The molecule has 2 atom stereocenters. The summed E-state index contributed by atoms with van der Waals surface area (Å²) >= 11 is 1.23. The van der Waals surface area contributed by atoms with Gasteiger partial charge in [0.1, 0.15) is 16.3 Å². The quantitative estimate of drug-likeness (QED) is 0.370. The molecule has 2 aliphatic rings. The lowest BCUT2D eigenvalue weighted by Gasteiger charge is -2.37. The highest BCUT2D eigenvalue weighted by molar-refractivity contribution is 8.00. The maximum atomic E-state index is 13.3. The van der Waals surface area contributed by atoms with E-state index < -0.39 is 21.8 Å². The average Bonchev–Trinajstić information content (AvgIpc) is 3.57. The highest BCUT2D eigenvalue weighted by atomic mass is 32.2. The predicted molar refractivity (Wildman–Crippen MR) is 129 cm³/mol. The van der Waals surface area contributed by atoms with Crippen LogP contribution in [-0.2, 0) is 32.8 Å². The fraction of sp³-hybridized carbons (Fsp3) is 0.417. The van der Waals surface area contributed by atoms with Crippen molar-refractivity contribution in [2.45, 2.75) is 50.5 Å². The Balaban J connectivity index is 1.41. The molecule has 0 spiro atoms. The molecule has 5 rings (SSSR count). The Hall–Kier alpha value is -3.31. The number of thioether (sulfide) groups is 1. The van der Waals surface area contributed by atoms with Gasteiger partial charge >= 0.3 is 5.88 Å². The molecule has 2 N–H and O–H groups in total. The van der Waals surface area contributed by atoms with Gasteiger partial charge in [-0.25, -0.2) is 5.01 Å². The number of hydrazine groups is 1. The number of nitro groups is 1. The van der Waals surface area contributed by atoms with E-state index in [9.17, 15) is 19.7 Å². The van der Waals surface area contributed by atoms with Gasteiger partial charge in [-0.05, 0) is 36.5 Å². The molecule has 1 fully saturated rings. The van der Waals surface area contributed by atoms with Crippen LogP contribution in [0.2, 0.25) is 0 Å². The van der Waals surface area contributed by atoms with Gasteiger partial charge < -0.3 is 14.1 Å². The van der Waals surface area contributed by atoms with Gasteiger partial charge in [-0.2, -0.15) is 0 Å². The number of fused-ring (bicyclic) bond motifs is 3. The minimum Gasteiger partial charge on any atom is -0.403 e. The fourth-order valence-electron chi connectivity index (χ4n) is 5.00. The van der Waals surface area contributed by atoms with E-state index >= 15 is 0 Å². The number of aromatic amines is 1. The van der Waals surface area contributed by atoms with E-state index in [1.807, 2.05) is 6.92 Å². The molecule has 0 aliphatic carbocycles. The van der Waals surface area contributed by atoms with Crippen molar-refractivity contribution in [3.05, 3.63) is 63.0 Å². The molecule has 2 amide bonds. The molecule has 0 radical (unpaired) electrons. The predicted octanol–water partition coefficient (Wildman–Crippen LogP) is 4.11. The van der Waals surface area contributed by atoms with Crippen LogP contribution in [0.4, 0.5) is 5.88 Å². The highest BCUT2D eigenvalue weighted by Crippen LogP contribution is 2.43. The van der Waals surface area contributed by atoms with Crippen molar-refractivity contribution in [1.82, 2.24) is 15.4 Å². The summed E-state index contributed by atoms with van der Waals surface area (Å²) < 4.78 is 11.5. The van der Waals surface area contributed by atoms with Gasteiger partial charge in [0, 0.05) is 10.9 Å². The zero-order valence-electron chi connectivity index (χ0n) is 19.5. The molecule has 11 heteroatoms. The van der Waals surface area contributed by atoms with Crippen LogP contribution in [-0.4, -0.2) is 39.1 Å². The van der Waals surface area contributed by atoms with E-state index in [0.29, 0.717) is 13.0 Å². The lowest BCUT2D eigenvalue weighted by molar-refractivity contribution is -0.402. The Morgan fingerprint density at radius 3 is 2.89 bits per heavy atom. The third-order valence-electron chi connectivity index (χ3n) is 6.76. The molecule has 3 aromatic rings. The van der Waals surface area contributed by atoms with Gasteiger partial charge in [0.15, 0.2) is 5.37 Å². The Morgan fingerprint density at radius 2 is 2.17 bits per heavy atom. The molecule has 1 aromatic carbocycles. The molecular formula is C24H26N4O6S. The van der Waals surface area contributed by atoms with Gasteiger partial charge in [0.2, 0.25) is 5.91 Å². The monoisotopic (exact) mass is 498 g/mol. The average molecular weight is 499 g/mol. The number of rotatable bonds is 7. The van der Waals surface area contributed by atoms with E-state index in [1.54, 1.807) is 0 Å². The Morgan fingerprint density at radius 1 is 1.34 bits per heavy atom. The number of benzene rings is 1. The third-order valence-corrected chi connectivity index (χ3v) is 7.93. The van der Waals surface area contributed by atoms with Gasteiger partial charge in [-0.15, -0.1) is 11.8 Å². The molecule has 184 valence electrons. The first kappa shape index (κ1) is 23.4. The van der Waals surface area contributed by atoms with E-state index in [4.69, 9.17) is 9.15 Å². The zero-order chi connectivity index (χ0) is 24.7. The van der Waals surface area contributed by atoms with E-state index in [1.165, 1.54) is 40.0 Å². The van der Waals surface area contributed by atoms with Crippen molar-refractivity contribution in [1.29, 1.82) is 0 Å². The molecule has 1 saturated heterocycles. The van der Waals surface area contributed by atoms with Crippen molar-refractivity contribution < 1.29 is 23.7 Å². The molecule has 2 aliphatic heterocycles. The van der Waals surface area contributed by atoms with E-state index in [0.717, 1.165) is 29.4 Å². The number of amides is 2. The van der Waals surface area contributed by atoms with Crippen LogP contribution < -0.4 is 5.43 Å². The number of hydrogen-bond donors (Lipinski definition) is 2. The van der Waals surface area contributed by atoms with Crippen LogP contribution in [0.3, 0.4) is 0 Å². The highest BCUT2D eigenvalue weighted by Gasteiger charge is 2.43. The van der Waals surface area contributed by atoms with Crippen LogP contribution in [0.25, 0.3) is 10.9 Å². The number of furan rings is 1. The summed E-state index contributed by atoms with van der Waals surface area (Å²) in [7, 11) is 0. The number of aromatic nitrogens is 1. The SMILES string of the molecule is CCc1cccc2c3c([nH]c12)C(CC)(CC(=O)NN1C(=O)CSC1c1ccc([N+](=O)[O-])o1)OCC3. The van der Waals surface area contributed by atoms with Crippen molar-refractivity contribution in [3.63, 3.8) is 0 Å². The van der Waals surface area contributed by atoms with Gasteiger partial charge in [0.25, 0.3) is 5.91 Å². The zero-order valence-corrected chi connectivity index (χ0v) is 20.3. The summed E-state index contributed by atoms with van der Waals surface area (Å²) in [5.74, 6) is -0.736. The van der Waals surface area contributed by atoms with Crippen LogP contribution in [0, 0.1) is 10.1 Å². The normalized spacial score (nSPS) is 21.9. The second-order valence-corrected chi connectivity index (χ2v) is 9.76. The minimum absolute atomic E-state index is 0.0181. The van der Waals surface area contributed by atoms with Crippen molar-refractivity contribution >= 4 is 40.4 Å². The summed E-state index contributed by atoms with van der Waals surface area (Å²) in [5, 5.41) is 12.7. The topological polar surface area (TPSA) is 131 Å². The van der Waals surface area contributed by atoms with Crippen LogP contribution in [0.1, 0.15) is 54.6 Å². The fourth-order valence-corrected chi connectivity index (χ4v) is 6.05. The number of ether oxygens (including phenoxy) is 1. The van der Waals surface area contributed by atoms with E-state index in [-0.39, 0.29) is 29.7 Å². The summed E-state index contributed by atoms with van der Waals surface area (Å²) in [5.41, 5.74) is 6.23. The summed E-state index contributed by atoms with van der Waals surface area (Å²) in [6.07, 6.45) is 2.23. The number of aryl methyl sites for hydroxylation is 1. The largest absolute Gasteiger partial charge is 0.433 e. The third kappa shape index (κ3) is 3.98. The number of carbonyl (C=O) groups is 2. The first-order valence-electron chi connectivity index (χ1n) is 11.6. The number of carbonyl (C=O) groups excluding carboxylic acids is 2. The molecule has 2 unspecified atom stereocenters. The number of nitrogens with one attached hydrogen (secondary N) is 2. The van der Waals surface area contributed by atoms with Gasteiger partial charge in [-0.1, -0.05) is 32.0 Å². The molecule has 4 heterocycles. The lowest BCUT2D eigenvalue weighted by atomic mass is 9.86. The first-order valence-corrected chi connectivity index (χ1v) is 12.7. The van der Waals surface area contributed by atoms with Crippen molar-refractivity contribution in [2.24, 2.45) is 0 Å². The maximum Gasteiger partial charge on any atom is 0.433 e. The van der Waals surface area contributed by atoms with Crippen LogP contribution in [0.15, 0.2) is 34.7 Å². The van der Waals surface area contributed by atoms with Crippen LogP contribution >= 0.6 is 11.8 Å². The van der Waals surface area contributed by atoms with Gasteiger partial charge in [0.05, 0.1) is 30.5 Å². The first-order chi connectivity index (χ1) is 16.9. The number of para-hydroxylation sites is 1. The summed E-state index contributed by atoms with van der Waals surface area (Å²) in [4.78, 5) is 39.7. The van der Waals surface area contributed by atoms with Gasteiger partial charge in [-0.3, -0.25) is 25.1 Å². The van der Waals surface area contributed by atoms with Crippen molar-refractivity contribution in [3.8, 4) is 0 Å². The Labute approximate surface area is 205 Å². The van der Waals surface area contributed by atoms with Crippen molar-refractivity contribution in [2.75, 3.05) is 12.4 Å². The maximum absolute atomic E-state index is 13.3. The Bertz CT molecular complexity index is 1320. The number of nitrogens with zero attached hydrogens (tertiary/aromatic N) is 2. The lowest BCUT2D eigenvalue weighted by Crippen LogP contribution is -2.48. The smallest absolute Gasteiger partial charge is 0.403 e. The molecular weight excluding hydrogens is 472 g/mol. The molecule has 0 saturated carbocycles. The molecule has 35 heavy (non-hydrogen) atoms. The summed E-state index contributed by atoms with van der Waals surface area (Å²) in [6.45, 7) is 4.59.